The van der Waals surface area contributed by atoms with E-state index in [0.29, 0.717) is 12.8 Å². The van der Waals surface area contributed by atoms with Gasteiger partial charge in [0.2, 0.25) is 0 Å². The minimum absolute atomic E-state index is 0.189. The minimum Gasteiger partial charge on any atom is -0.300 e. The van der Waals surface area contributed by atoms with Gasteiger partial charge in [-0.3, -0.25) is 5.01 Å². The Morgan fingerprint density at radius 2 is 1.55 bits per heavy atom. The molecule has 114 valence electrons. The van der Waals surface area contributed by atoms with E-state index in [4.69, 9.17) is 5.10 Å². The molecule has 0 unspecified atom stereocenters. The van der Waals surface area contributed by atoms with Crippen LogP contribution in [0.25, 0.3) is 0 Å². The first-order valence-electron chi connectivity index (χ1n) is 7.52. The first kappa shape index (κ1) is 16.0. The van der Waals surface area contributed by atoms with Gasteiger partial charge in [-0.25, -0.2) is 0 Å². The molecule has 2 aromatic carbocycles. The highest BCUT2D eigenvalue weighted by atomic mass is 16.1. The third-order valence-electron chi connectivity index (χ3n) is 3.37. The first-order valence-corrected chi connectivity index (χ1v) is 7.52. The molecular weight excluding hydrogens is 272 g/mol. The van der Waals surface area contributed by atoms with Crippen molar-refractivity contribution >= 4 is 11.5 Å². The van der Waals surface area contributed by atoms with Crippen molar-refractivity contribution in [1.82, 2.24) is 5.01 Å². The molecule has 2 rings (SSSR count). The van der Waals surface area contributed by atoms with E-state index >= 15 is 0 Å². The molecule has 0 amide bonds. The molecule has 0 saturated carbocycles. The van der Waals surface area contributed by atoms with Crippen LogP contribution in [0.4, 0.5) is 0 Å². The van der Waals surface area contributed by atoms with Gasteiger partial charge >= 0.3 is 0 Å². The Balaban J connectivity index is 2.14. The SMILES string of the molecule is CC(=O)CC/C(=N/N(C)Cc1ccccc1)c1ccccc1. The summed E-state index contributed by atoms with van der Waals surface area (Å²) in [5.74, 6) is 0.189. The van der Waals surface area contributed by atoms with E-state index in [0.717, 1.165) is 17.8 Å². The number of benzene rings is 2. The molecule has 0 N–H and O–H groups in total. The molecule has 0 bridgehead atoms. The minimum atomic E-state index is 0.189. The molecule has 0 spiro atoms. The molecule has 0 aliphatic heterocycles. The number of ketones is 1. The fourth-order valence-electron chi connectivity index (χ4n) is 2.27. The van der Waals surface area contributed by atoms with Crippen LogP contribution in [-0.2, 0) is 11.3 Å². The molecule has 2 aromatic rings. The maximum absolute atomic E-state index is 11.3. The number of hydrogen-bond donors (Lipinski definition) is 0. The molecule has 0 atom stereocenters. The van der Waals surface area contributed by atoms with Crippen LogP contribution in [0.1, 0.15) is 30.9 Å². The van der Waals surface area contributed by atoms with Crippen molar-refractivity contribution in [3.8, 4) is 0 Å². The summed E-state index contributed by atoms with van der Waals surface area (Å²) < 4.78 is 0. The summed E-state index contributed by atoms with van der Waals surface area (Å²) in [6.07, 6.45) is 1.19. The topological polar surface area (TPSA) is 32.7 Å². The van der Waals surface area contributed by atoms with Crippen molar-refractivity contribution in [2.75, 3.05) is 7.05 Å². The Hall–Kier alpha value is -2.42. The second-order valence-electron chi connectivity index (χ2n) is 5.42. The average molecular weight is 294 g/mol. The summed E-state index contributed by atoms with van der Waals surface area (Å²) in [4.78, 5) is 11.3. The van der Waals surface area contributed by atoms with E-state index in [1.54, 1.807) is 6.92 Å². The molecule has 0 aliphatic carbocycles. The van der Waals surface area contributed by atoms with E-state index in [9.17, 15) is 4.79 Å². The van der Waals surface area contributed by atoms with Crippen molar-refractivity contribution in [3.63, 3.8) is 0 Å². The molecule has 0 aromatic heterocycles. The monoisotopic (exact) mass is 294 g/mol. The summed E-state index contributed by atoms with van der Waals surface area (Å²) in [5, 5.41) is 6.64. The lowest BCUT2D eigenvalue weighted by atomic mass is 10.0. The fraction of sp³-hybridized carbons (Fsp3) is 0.263. The average Bonchev–Trinajstić information content (AvgIpc) is 2.53. The van der Waals surface area contributed by atoms with Crippen LogP contribution in [0.15, 0.2) is 65.8 Å². The van der Waals surface area contributed by atoms with Gasteiger partial charge in [-0.05, 0) is 24.5 Å². The Labute approximate surface area is 132 Å². The molecule has 0 saturated heterocycles. The van der Waals surface area contributed by atoms with Crippen molar-refractivity contribution < 1.29 is 4.79 Å². The molecule has 3 heteroatoms. The summed E-state index contributed by atoms with van der Waals surface area (Å²) >= 11 is 0. The van der Waals surface area contributed by atoms with Gasteiger partial charge in [0.15, 0.2) is 0 Å². The number of nitrogens with zero attached hydrogens (tertiary/aromatic N) is 2. The van der Waals surface area contributed by atoms with Crippen LogP contribution in [-0.4, -0.2) is 23.6 Å². The third-order valence-corrected chi connectivity index (χ3v) is 3.37. The van der Waals surface area contributed by atoms with Gasteiger partial charge in [0.05, 0.1) is 12.3 Å². The Morgan fingerprint density at radius 1 is 0.955 bits per heavy atom. The fourth-order valence-corrected chi connectivity index (χ4v) is 2.27. The lowest BCUT2D eigenvalue weighted by molar-refractivity contribution is -0.116. The largest absolute Gasteiger partial charge is 0.300 e. The summed E-state index contributed by atoms with van der Waals surface area (Å²) in [7, 11) is 1.96. The smallest absolute Gasteiger partial charge is 0.130 e. The van der Waals surface area contributed by atoms with E-state index in [2.05, 4.69) is 12.1 Å². The van der Waals surface area contributed by atoms with Crippen LogP contribution in [0, 0.1) is 0 Å². The quantitative estimate of drug-likeness (QED) is 0.573. The van der Waals surface area contributed by atoms with Crippen LogP contribution < -0.4 is 0 Å². The standard InChI is InChI=1S/C19H22N2O/c1-16(22)13-14-19(18-11-7-4-8-12-18)20-21(2)15-17-9-5-3-6-10-17/h3-12H,13-15H2,1-2H3/b20-19-. The van der Waals surface area contributed by atoms with Gasteiger partial charge in [-0.2, -0.15) is 5.10 Å². The molecule has 0 radical (unpaired) electrons. The van der Waals surface area contributed by atoms with E-state index in [1.807, 2.05) is 60.6 Å². The van der Waals surface area contributed by atoms with Gasteiger partial charge < -0.3 is 4.79 Å². The Bertz CT molecular complexity index is 620. The van der Waals surface area contributed by atoms with Gasteiger partial charge in [0, 0.05) is 13.5 Å². The second kappa shape index (κ2) is 8.13. The van der Waals surface area contributed by atoms with Gasteiger partial charge in [-0.15, -0.1) is 0 Å². The third kappa shape index (κ3) is 5.17. The highest BCUT2D eigenvalue weighted by Crippen LogP contribution is 2.10. The normalized spacial score (nSPS) is 11.3. The van der Waals surface area contributed by atoms with Gasteiger partial charge in [0.1, 0.15) is 5.78 Å². The number of Topliss-reactive ketones (excluding diaryl/α,β-unsaturated/α-hetero) is 1. The second-order valence-corrected chi connectivity index (χ2v) is 5.42. The highest BCUT2D eigenvalue weighted by Gasteiger charge is 2.07. The molecule has 0 aliphatic rings. The van der Waals surface area contributed by atoms with Gasteiger partial charge in [0.25, 0.3) is 0 Å². The summed E-state index contributed by atoms with van der Waals surface area (Å²) in [5.41, 5.74) is 3.24. The maximum atomic E-state index is 11.3. The first-order chi connectivity index (χ1) is 10.6. The van der Waals surface area contributed by atoms with Crippen molar-refractivity contribution in [3.05, 3.63) is 71.8 Å². The van der Waals surface area contributed by atoms with Crippen molar-refractivity contribution in [2.24, 2.45) is 5.10 Å². The molecule has 22 heavy (non-hydrogen) atoms. The Kier molecular flexibility index (Phi) is 5.90. The lowest BCUT2D eigenvalue weighted by Crippen LogP contribution is -2.15. The maximum Gasteiger partial charge on any atom is 0.130 e. The van der Waals surface area contributed by atoms with E-state index < -0.39 is 0 Å². The summed E-state index contributed by atoms with van der Waals surface area (Å²) in [6, 6.07) is 20.3. The number of rotatable bonds is 7. The Morgan fingerprint density at radius 3 is 2.14 bits per heavy atom. The van der Waals surface area contributed by atoms with Crippen LogP contribution in [0.2, 0.25) is 0 Å². The number of carbonyl (C=O) groups excluding carboxylic acids is 1. The summed E-state index contributed by atoms with van der Waals surface area (Å²) in [6.45, 7) is 2.37. The molecule has 0 heterocycles. The number of carbonyl (C=O) groups is 1. The van der Waals surface area contributed by atoms with Crippen molar-refractivity contribution in [1.29, 1.82) is 0 Å². The van der Waals surface area contributed by atoms with E-state index in [-0.39, 0.29) is 5.78 Å². The zero-order chi connectivity index (χ0) is 15.8. The number of hydrazone groups is 1. The molecular formula is C19H22N2O. The zero-order valence-electron chi connectivity index (χ0n) is 13.2. The predicted molar refractivity (Wildman–Crippen MR) is 90.8 cm³/mol. The van der Waals surface area contributed by atoms with Crippen LogP contribution in [0.3, 0.4) is 0 Å². The zero-order valence-corrected chi connectivity index (χ0v) is 13.2. The van der Waals surface area contributed by atoms with Crippen LogP contribution in [0.5, 0.6) is 0 Å². The number of hydrogen-bond acceptors (Lipinski definition) is 3. The highest BCUT2D eigenvalue weighted by molar-refractivity contribution is 6.01. The van der Waals surface area contributed by atoms with Crippen molar-refractivity contribution in [2.45, 2.75) is 26.3 Å². The molecule has 0 fully saturated rings. The molecule has 3 nitrogen and oxygen atoms in total. The van der Waals surface area contributed by atoms with Crippen LogP contribution >= 0.6 is 0 Å². The van der Waals surface area contributed by atoms with Gasteiger partial charge in [-0.1, -0.05) is 60.7 Å². The lowest BCUT2D eigenvalue weighted by Gasteiger charge is -2.16. The van der Waals surface area contributed by atoms with E-state index in [1.165, 1.54) is 5.56 Å². The predicted octanol–water partition coefficient (Wildman–Crippen LogP) is 3.89.